The Labute approximate surface area is 84.5 Å². The van der Waals surface area contributed by atoms with Crippen molar-refractivity contribution in [1.29, 1.82) is 0 Å². The van der Waals surface area contributed by atoms with Crippen LogP contribution >= 0.6 is 11.6 Å². The molecule has 1 rings (SSSR count). The topological polar surface area (TPSA) is 12.9 Å². The lowest BCUT2D eigenvalue weighted by atomic mass is 10.1. The first-order chi connectivity index (χ1) is 6.24. The summed E-state index contributed by atoms with van der Waals surface area (Å²) < 4.78 is 0. The number of pyridine rings is 1. The van der Waals surface area contributed by atoms with Gasteiger partial charge in [0.2, 0.25) is 0 Å². The van der Waals surface area contributed by atoms with Crippen LogP contribution in [0.25, 0.3) is 6.08 Å². The molecule has 1 nitrogen and oxygen atoms in total. The molecule has 0 radical (unpaired) electrons. The van der Waals surface area contributed by atoms with E-state index in [2.05, 4.69) is 24.9 Å². The van der Waals surface area contributed by atoms with Gasteiger partial charge in [0, 0.05) is 6.20 Å². The fraction of sp³-hybridized carbons (Fsp3) is 0.364. The number of hydrogen-bond acceptors (Lipinski definition) is 1. The summed E-state index contributed by atoms with van der Waals surface area (Å²) in [7, 11) is 0. The quantitative estimate of drug-likeness (QED) is 0.715. The van der Waals surface area contributed by atoms with E-state index in [1.54, 1.807) is 6.20 Å². The van der Waals surface area contributed by atoms with E-state index in [1.165, 1.54) is 0 Å². The van der Waals surface area contributed by atoms with Gasteiger partial charge in [-0.1, -0.05) is 37.9 Å². The molecule has 0 amide bonds. The van der Waals surface area contributed by atoms with Crippen LogP contribution in [0, 0.1) is 5.92 Å². The molecular weight excluding hydrogens is 182 g/mol. The van der Waals surface area contributed by atoms with Crippen LogP contribution in [0.1, 0.15) is 26.0 Å². The van der Waals surface area contributed by atoms with Gasteiger partial charge in [-0.25, -0.2) is 0 Å². The van der Waals surface area contributed by atoms with Crippen molar-refractivity contribution in [2.75, 3.05) is 0 Å². The van der Waals surface area contributed by atoms with E-state index in [0.29, 0.717) is 10.9 Å². The van der Waals surface area contributed by atoms with Gasteiger partial charge < -0.3 is 0 Å². The highest BCUT2D eigenvalue weighted by Gasteiger charge is 1.96. The first-order valence-corrected chi connectivity index (χ1v) is 4.90. The number of halogens is 1. The molecule has 0 bridgehead atoms. The average molecular weight is 196 g/mol. The molecule has 0 fully saturated rings. The standard InChI is InChI=1S/C11H14ClN/c1-3-9(2)6-7-11-10(12)5-4-8-13-11/h4-9H,3H2,1-2H3/b7-6+. The molecule has 0 aliphatic carbocycles. The Bertz CT molecular complexity index is 294. The number of rotatable bonds is 3. The van der Waals surface area contributed by atoms with Crippen LogP contribution in [0.2, 0.25) is 5.02 Å². The molecule has 0 spiro atoms. The summed E-state index contributed by atoms with van der Waals surface area (Å²) in [5.41, 5.74) is 0.851. The lowest BCUT2D eigenvalue weighted by Gasteiger charge is -2.00. The van der Waals surface area contributed by atoms with Gasteiger partial charge in [-0.2, -0.15) is 0 Å². The zero-order chi connectivity index (χ0) is 9.68. The van der Waals surface area contributed by atoms with E-state index < -0.39 is 0 Å². The van der Waals surface area contributed by atoms with E-state index in [4.69, 9.17) is 11.6 Å². The maximum atomic E-state index is 5.94. The molecule has 0 aromatic carbocycles. The lowest BCUT2D eigenvalue weighted by Crippen LogP contribution is -1.86. The molecule has 13 heavy (non-hydrogen) atoms. The number of hydrogen-bond donors (Lipinski definition) is 0. The molecule has 1 unspecified atom stereocenters. The molecule has 1 atom stereocenters. The fourth-order valence-corrected chi connectivity index (χ4v) is 1.10. The molecule has 0 saturated carbocycles. The lowest BCUT2D eigenvalue weighted by molar-refractivity contribution is 0.701. The number of nitrogens with zero attached hydrogens (tertiary/aromatic N) is 1. The average Bonchev–Trinajstić information content (AvgIpc) is 2.16. The second kappa shape index (κ2) is 5.03. The van der Waals surface area contributed by atoms with Crippen molar-refractivity contribution in [3.63, 3.8) is 0 Å². The van der Waals surface area contributed by atoms with Gasteiger partial charge in [-0.05, 0) is 24.1 Å². The Morgan fingerprint density at radius 2 is 2.38 bits per heavy atom. The molecule has 0 aliphatic heterocycles. The summed E-state index contributed by atoms with van der Waals surface area (Å²) in [6.45, 7) is 4.34. The molecule has 0 N–H and O–H groups in total. The smallest absolute Gasteiger partial charge is 0.0812 e. The van der Waals surface area contributed by atoms with Crippen molar-refractivity contribution < 1.29 is 0 Å². The van der Waals surface area contributed by atoms with Crippen molar-refractivity contribution in [1.82, 2.24) is 4.98 Å². The minimum Gasteiger partial charge on any atom is -0.255 e. The highest BCUT2D eigenvalue weighted by molar-refractivity contribution is 6.31. The summed E-state index contributed by atoms with van der Waals surface area (Å²) in [5, 5.41) is 0.710. The van der Waals surface area contributed by atoms with Gasteiger partial charge in [-0.15, -0.1) is 0 Å². The maximum absolute atomic E-state index is 5.94. The number of allylic oxidation sites excluding steroid dienone is 1. The predicted molar refractivity (Wildman–Crippen MR) is 57.7 cm³/mol. The second-order valence-electron chi connectivity index (χ2n) is 3.12. The van der Waals surface area contributed by atoms with Crippen molar-refractivity contribution in [3.05, 3.63) is 35.1 Å². The molecule has 2 heteroatoms. The monoisotopic (exact) mass is 195 g/mol. The fourth-order valence-electron chi connectivity index (χ4n) is 0.912. The minimum atomic E-state index is 0.582. The molecule has 1 heterocycles. The van der Waals surface area contributed by atoms with E-state index in [1.807, 2.05) is 18.2 Å². The molecule has 0 aliphatic rings. The summed E-state index contributed by atoms with van der Waals surface area (Å²) >= 11 is 5.94. The zero-order valence-corrected chi connectivity index (χ0v) is 8.75. The molecule has 0 saturated heterocycles. The first-order valence-electron chi connectivity index (χ1n) is 4.52. The van der Waals surface area contributed by atoms with Crippen molar-refractivity contribution in [2.45, 2.75) is 20.3 Å². The number of aromatic nitrogens is 1. The van der Waals surface area contributed by atoms with Crippen LogP contribution in [0.4, 0.5) is 0 Å². The summed E-state index contributed by atoms with van der Waals surface area (Å²) in [4.78, 5) is 4.17. The van der Waals surface area contributed by atoms with Crippen molar-refractivity contribution >= 4 is 17.7 Å². The van der Waals surface area contributed by atoms with Gasteiger partial charge in [-0.3, -0.25) is 4.98 Å². The van der Waals surface area contributed by atoms with Gasteiger partial charge in [0.05, 0.1) is 10.7 Å². The zero-order valence-electron chi connectivity index (χ0n) is 8.00. The Kier molecular flexibility index (Phi) is 3.97. The van der Waals surface area contributed by atoms with E-state index in [-0.39, 0.29) is 0 Å². The normalized spacial score (nSPS) is 13.5. The first kappa shape index (κ1) is 10.3. The van der Waals surface area contributed by atoms with Crippen LogP contribution in [0.3, 0.4) is 0 Å². The Morgan fingerprint density at radius 1 is 1.62 bits per heavy atom. The molecule has 1 aromatic heterocycles. The third-order valence-corrected chi connectivity index (χ3v) is 2.33. The van der Waals surface area contributed by atoms with E-state index >= 15 is 0 Å². The molecule has 70 valence electrons. The van der Waals surface area contributed by atoms with Crippen molar-refractivity contribution in [3.8, 4) is 0 Å². The van der Waals surface area contributed by atoms with Crippen molar-refractivity contribution in [2.24, 2.45) is 5.92 Å². The van der Waals surface area contributed by atoms with Crippen LogP contribution in [-0.4, -0.2) is 4.98 Å². The highest BCUT2D eigenvalue weighted by Crippen LogP contribution is 2.15. The Morgan fingerprint density at radius 3 is 3.00 bits per heavy atom. The highest BCUT2D eigenvalue weighted by atomic mass is 35.5. The second-order valence-corrected chi connectivity index (χ2v) is 3.52. The van der Waals surface area contributed by atoms with Gasteiger partial charge in [0.1, 0.15) is 0 Å². The maximum Gasteiger partial charge on any atom is 0.0812 e. The van der Waals surface area contributed by atoms with E-state index in [0.717, 1.165) is 12.1 Å². The molecular formula is C11H14ClN. The molecule has 1 aromatic rings. The SMILES string of the molecule is CCC(C)/C=C/c1ncccc1Cl. The van der Waals surface area contributed by atoms with Crippen LogP contribution in [0.5, 0.6) is 0 Å². The summed E-state index contributed by atoms with van der Waals surface area (Å²) in [5.74, 6) is 0.582. The minimum absolute atomic E-state index is 0.582. The van der Waals surface area contributed by atoms with Crippen LogP contribution in [0.15, 0.2) is 24.4 Å². The van der Waals surface area contributed by atoms with E-state index in [9.17, 15) is 0 Å². The Hall–Kier alpha value is -0.820. The third kappa shape index (κ3) is 3.19. The Balaban J connectivity index is 2.74. The largest absolute Gasteiger partial charge is 0.255 e. The predicted octanol–water partition coefficient (Wildman–Crippen LogP) is 3.79. The van der Waals surface area contributed by atoms with Gasteiger partial charge >= 0.3 is 0 Å². The van der Waals surface area contributed by atoms with Gasteiger partial charge in [0.25, 0.3) is 0 Å². The summed E-state index contributed by atoms with van der Waals surface area (Å²) in [6.07, 6.45) is 7.01. The third-order valence-electron chi connectivity index (χ3n) is 2.01. The van der Waals surface area contributed by atoms with Gasteiger partial charge in [0.15, 0.2) is 0 Å². The van der Waals surface area contributed by atoms with Crippen LogP contribution < -0.4 is 0 Å². The van der Waals surface area contributed by atoms with Crippen LogP contribution in [-0.2, 0) is 0 Å². The summed E-state index contributed by atoms with van der Waals surface area (Å²) in [6, 6.07) is 3.69.